The second-order valence-electron chi connectivity index (χ2n) is 3.71. The standard InChI is InChI=1S/C11H14BrN/c1-8-5-9(7-10(12)6-8)11-3-2-4-13-11/h5-7,11,13H,2-4H2,1H3. The Morgan fingerprint density at radius 1 is 1.38 bits per heavy atom. The lowest BCUT2D eigenvalue weighted by atomic mass is 10.0. The van der Waals surface area contributed by atoms with Crippen LogP contribution in [0.4, 0.5) is 0 Å². The van der Waals surface area contributed by atoms with Gasteiger partial charge in [-0.1, -0.05) is 22.0 Å². The van der Waals surface area contributed by atoms with E-state index in [-0.39, 0.29) is 0 Å². The molecule has 1 heterocycles. The number of hydrogen-bond donors (Lipinski definition) is 1. The fraction of sp³-hybridized carbons (Fsp3) is 0.455. The van der Waals surface area contributed by atoms with E-state index in [2.05, 4.69) is 46.4 Å². The van der Waals surface area contributed by atoms with Crippen LogP contribution >= 0.6 is 15.9 Å². The SMILES string of the molecule is Cc1cc(Br)cc(C2CCCN2)c1. The van der Waals surface area contributed by atoms with Gasteiger partial charge in [0, 0.05) is 10.5 Å². The van der Waals surface area contributed by atoms with Gasteiger partial charge in [0.1, 0.15) is 0 Å². The van der Waals surface area contributed by atoms with Gasteiger partial charge in [-0.3, -0.25) is 0 Å². The first-order chi connectivity index (χ1) is 6.25. The lowest BCUT2D eigenvalue weighted by molar-refractivity contribution is 0.647. The summed E-state index contributed by atoms with van der Waals surface area (Å²) in [6, 6.07) is 7.22. The molecule has 1 N–H and O–H groups in total. The molecular weight excluding hydrogens is 226 g/mol. The number of benzene rings is 1. The molecule has 1 atom stereocenters. The molecular formula is C11H14BrN. The molecule has 0 amide bonds. The van der Waals surface area contributed by atoms with Gasteiger partial charge in [0.05, 0.1) is 0 Å². The Labute approximate surface area is 87.7 Å². The van der Waals surface area contributed by atoms with E-state index in [1.807, 2.05) is 0 Å². The van der Waals surface area contributed by atoms with Crippen molar-refractivity contribution in [3.8, 4) is 0 Å². The number of hydrogen-bond acceptors (Lipinski definition) is 1. The van der Waals surface area contributed by atoms with Crippen LogP contribution in [0.3, 0.4) is 0 Å². The van der Waals surface area contributed by atoms with Gasteiger partial charge in [-0.25, -0.2) is 0 Å². The average molecular weight is 240 g/mol. The molecule has 1 unspecified atom stereocenters. The predicted molar refractivity (Wildman–Crippen MR) is 58.9 cm³/mol. The van der Waals surface area contributed by atoms with Crippen LogP contribution in [-0.2, 0) is 0 Å². The molecule has 13 heavy (non-hydrogen) atoms. The third-order valence-corrected chi connectivity index (χ3v) is 2.98. The molecule has 0 radical (unpaired) electrons. The van der Waals surface area contributed by atoms with Gasteiger partial charge >= 0.3 is 0 Å². The molecule has 0 aliphatic carbocycles. The first-order valence-electron chi connectivity index (χ1n) is 4.76. The summed E-state index contributed by atoms with van der Waals surface area (Å²) in [6.07, 6.45) is 2.58. The topological polar surface area (TPSA) is 12.0 Å². The lowest BCUT2D eigenvalue weighted by Gasteiger charge is -2.11. The van der Waals surface area contributed by atoms with Gasteiger partial charge in [-0.05, 0) is 49.6 Å². The summed E-state index contributed by atoms with van der Waals surface area (Å²) in [4.78, 5) is 0. The Kier molecular flexibility index (Phi) is 2.70. The van der Waals surface area contributed by atoms with Crippen LogP contribution in [0.2, 0.25) is 0 Å². The normalized spacial score (nSPS) is 22.2. The summed E-state index contributed by atoms with van der Waals surface area (Å²) >= 11 is 3.53. The third-order valence-electron chi connectivity index (χ3n) is 2.53. The van der Waals surface area contributed by atoms with Crippen molar-refractivity contribution in [2.24, 2.45) is 0 Å². The highest BCUT2D eigenvalue weighted by molar-refractivity contribution is 9.10. The minimum atomic E-state index is 0.580. The zero-order valence-corrected chi connectivity index (χ0v) is 9.39. The number of halogens is 1. The van der Waals surface area contributed by atoms with E-state index in [1.54, 1.807) is 0 Å². The van der Waals surface area contributed by atoms with Gasteiger partial charge < -0.3 is 5.32 Å². The van der Waals surface area contributed by atoms with Crippen molar-refractivity contribution in [1.29, 1.82) is 0 Å². The minimum absolute atomic E-state index is 0.580. The minimum Gasteiger partial charge on any atom is -0.310 e. The molecule has 1 aliphatic heterocycles. The van der Waals surface area contributed by atoms with Gasteiger partial charge in [-0.2, -0.15) is 0 Å². The molecule has 1 aromatic rings. The van der Waals surface area contributed by atoms with E-state index >= 15 is 0 Å². The molecule has 0 aromatic heterocycles. The highest BCUT2D eigenvalue weighted by Gasteiger charge is 2.16. The van der Waals surface area contributed by atoms with Crippen LogP contribution in [0.25, 0.3) is 0 Å². The molecule has 2 rings (SSSR count). The zero-order chi connectivity index (χ0) is 9.26. The summed E-state index contributed by atoms with van der Waals surface area (Å²) in [6.45, 7) is 3.30. The van der Waals surface area contributed by atoms with E-state index in [9.17, 15) is 0 Å². The maximum Gasteiger partial charge on any atom is 0.0321 e. The molecule has 70 valence electrons. The van der Waals surface area contributed by atoms with E-state index in [4.69, 9.17) is 0 Å². The monoisotopic (exact) mass is 239 g/mol. The fourth-order valence-electron chi connectivity index (χ4n) is 1.93. The van der Waals surface area contributed by atoms with E-state index in [0.29, 0.717) is 6.04 Å². The van der Waals surface area contributed by atoms with Crippen molar-refractivity contribution < 1.29 is 0 Å². The van der Waals surface area contributed by atoms with Crippen LogP contribution in [0.15, 0.2) is 22.7 Å². The van der Waals surface area contributed by atoms with Gasteiger partial charge in [0.2, 0.25) is 0 Å². The Morgan fingerprint density at radius 3 is 2.85 bits per heavy atom. The van der Waals surface area contributed by atoms with E-state index in [1.165, 1.54) is 28.4 Å². The Hall–Kier alpha value is -0.340. The predicted octanol–water partition coefficient (Wildman–Crippen LogP) is 3.18. The van der Waals surface area contributed by atoms with Crippen molar-refractivity contribution in [2.45, 2.75) is 25.8 Å². The van der Waals surface area contributed by atoms with Crippen LogP contribution in [0.5, 0.6) is 0 Å². The first-order valence-corrected chi connectivity index (χ1v) is 5.55. The van der Waals surface area contributed by atoms with Crippen LogP contribution in [0, 0.1) is 6.92 Å². The molecule has 0 spiro atoms. The summed E-state index contributed by atoms with van der Waals surface area (Å²) < 4.78 is 1.19. The van der Waals surface area contributed by atoms with Crippen molar-refractivity contribution in [3.63, 3.8) is 0 Å². The number of aryl methyl sites for hydroxylation is 1. The molecule has 1 nitrogen and oxygen atoms in total. The van der Waals surface area contributed by atoms with Crippen molar-refractivity contribution in [2.75, 3.05) is 6.54 Å². The fourth-order valence-corrected chi connectivity index (χ4v) is 2.56. The van der Waals surface area contributed by atoms with E-state index < -0.39 is 0 Å². The third kappa shape index (κ3) is 2.12. The molecule has 2 heteroatoms. The highest BCUT2D eigenvalue weighted by Crippen LogP contribution is 2.26. The van der Waals surface area contributed by atoms with Gasteiger partial charge in [0.25, 0.3) is 0 Å². The quantitative estimate of drug-likeness (QED) is 0.794. The molecule has 1 saturated heterocycles. The Morgan fingerprint density at radius 2 is 2.23 bits per heavy atom. The van der Waals surface area contributed by atoms with Crippen LogP contribution in [-0.4, -0.2) is 6.54 Å². The smallest absolute Gasteiger partial charge is 0.0321 e. The molecule has 0 bridgehead atoms. The zero-order valence-electron chi connectivity index (χ0n) is 7.81. The van der Waals surface area contributed by atoms with Crippen molar-refractivity contribution in [3.05, 3.63) is 33.8 Å². The number of nitrogens with one attached hydrogen (secondary N) is 1. The van der Waals surface area contributed by atoms with Crippen LogP contribution < -0.4 is 5.32 Å². The number of rotatable bonds is 1. The summed E-state index contributed by atoms with van der Waals surface area (Å²) in [5, 5.41) is 3.51. The highest BCUT2D eigenvalue weighted by atomic mass is 79.9. The summed E-state index contributed by atoms with van der Waals surface area (Å²) in [7, 11) is 0. The van der Waals surface area contributed by atoms with Crippen molar-refractivity contribution >= 4 is 15.9 Å². The molecule has 0 saturated carbocycles. The van der Waals surface area contributed by atoms with Crippen LogP contribution in [0.1, 0.15) is 30.0 Å². The second-order valence-corrected chi connectivity index (χ2v) is 4.63. The van der Waals surface area contributed by atoms with E-state index in [0.717, 1.165) is 6.54 Å². The van der Waals surface area contributed by atoms with Crippen molar-refractivity contribution in [1.82, 2.24) is 5.32 Å². The Balaban J connectivity index is 2.28. The van der Waals surface area contributed by atoms with Gasteiger partial charge in [0.15, 0.2) is 0 Å². The largest absolute Gasteiger partial charge is 0.310 e. The van der Waals surface area contributed by atoms with Gasteiger partial charge in [-0.15, -0.1) is 0 Å². The molecule has 1 aliphatic rings. The summed E-state index contributed by atoms with van der Waals surface area (Å²) in [5.41, 5.74) is 2.75. The first kappa shape index (κ1) is 9.22. The Bertz CT molecular complexity index is 283. The molecule has 1 aromatic carbocycles. The molecule has 1 fully saturated rings. The maximum absolute atomic E-state index is 3.53. The summed E-state index contributed by atoms with van der Waals surface area (Å²) in [5.74, 6) is 0. The average Bonchev–Trinajstić information content (AvgIpc) is 2.53. The maximum atomic E-state index is 3.53. The second kappa shape index (κ2) is 3.81. The lowest BCUT2D eigenvalue weighted by Crippen LogP contribution is -2.12.